The fourth-order valence-corrected chi connectivity index (χ4v) is 1.69. The van der Waals surface area contributed by atoms with Gasteiger partial charge in [0.25, 0.3) is 0 Å². The molecule has 2 heteroatoms. The first-order chi connectivity index (χ1) is 4.95. The van der Waals surface area contributed by atoms with Gasteiger partial charge in [0.05, 0.1) is 12.2 Å². The van der Waals surface area contributed by atoms with Crippen LogP contribution in [-0.2, 0) is 0 Å². The highest BCUT2D eigenvalue weighted by Gasteiger charge is 2.40. The van der Waals surface area contributed by atoms with Gasteiger partial charge in [0.1, 0.15) is 0 Å². The molecule has 1 saturated carbocycles. The van der Waals surface area contributed by atoms with Gasteiger partial charge in [-0.1, -0.05) is 20.8 Å². The highest BCUT2D eigenvalue weighted by Crippen LogP contribution is 2.38. The Kier molecular flexibility index (Phi) is 2.26. The van der Waals surface area contributed by atoms with E-state index in [2.05, 4.69) is 0 Å². The smallest absolute Gasteiger partial charge is 0.0852 e. The third-order valence-corrected chi connectivity index (χ3v) is 2.95. The molecule has 1 aliphatic carbocycles. The van der Waals surface area contributed by atoms with Crippen LogP contribution >= 0.6 is 0 Å². The molecule has 1 rings (SSSR count). The summed E-state index contributed by atoms with van der Waals surface area (Å²) in [4.78, 5) is 0. The lowest BCUT2D eigenvalue weighted by atomic mass is 9.70. The summed E-state index contributed by atoms with van der Waals surface area (Å²) in [6, 6.07) is 0. The molecule has 0 amide bonds. The van der Waals surface area contributed by atoms with Gasteiger partial charge in [-0.15, -0.1) is 0 Å². The van der Waals surface area contributed by atoms with E-state index in [1.807, 2.05) is 20.8 Å². The van der Waals surface area contributed by atoms with Crippen molar-refractivity contribution < 1.29 is 10.2 Å². The fourth-order valence-electron chi connectivity index (χ4n) is 1.69. The van der Waals surface area contributed by atoms with Crippen LogP contribution in [0.5, 0.6) is 0 Å². The predicted octanol–water partition coefficient (Wildman–Crippen LogP) is 1.16. The lowest BCUT2D eigenvalue weighted by Gasteiger charge is -2.41. The molecule has 0 aromatic carbocycles. The number of aliphatic hydroxyl groups is 2. The number of hydrogen-bond acceptors (Lipinski definition) is 2. The SMILES string of the molecule is CC1CCC(C)(C)C(O)C1O. The van der Waals surface area contributed by atoms with Gasteiger partial charge in [-0.05, 0) is 24.2 Å². The fraction of sp³-hybridized carbons (Fsp3) is 1.00. The summed E-state index contributed by atoms with van der Waals surface area (Å²) in [7, 11) is 0. The van der Waals surface area contributed by atoms with Crippen molar-refractivity contribution in [3.8, 4) is 0 Å². The third-order valence-electron chi connectivity index (χ3n) is 2.95. The van der Waals surface area contributed by atoms with E-state index in [1.54, 1.807) is 0 Å². The summed E-state index contributed by atoms with van der Waals surface area (Å²) in [5.41, 5.74) is -0.105. The molecule has 2 N–H and O–H groups in total. The van der Waals surface area contributed by atoms with Crippen molar-refractivity contribution in [2.75, 3.05) is 0 Å². The van der Waals surface area contributed by atoms with Gasteiger partial charge in [0, 0.05) is 0 Å². The number of hydrogen-bond donors (Lipinski definition) is 2. The molecule has 0 spiro atoms. The Morgan fingerprint density at radius 3 is 2.27 bits per heavy atom. The molecule has 0 aromatic heterocycles. The zero-order chi connectivity index (χ0) is 8.65. The predicted molar refractivity (Wildman–Crippen MR) is 44.2 cm³/mol. The Morgan fingerprint density at radius 2 is 1.82 bits per heavy atom. The summed E-state index contributed by atoms with van der Waals surface area (Å²) in [5.74, 6) is 0.248. The largest absolute Gasteiger partial charge is 0.390 e. The van der Waals surface area contributed by atoms with Crippen molar-refractivity contribution in [1.29, 1.82) is 0 Å². The normalized spacial score (nSPS) is 43.9. The van der Waals surface area contributed by atoms with Crippen molar-refractivity contribution in [2.45, 2.75) is 45.8 Å². The Labute approximate surface area is 68.2 Å². The molecule has 1 aliphatic rings. The van der Waals surface area contributed by atoms with Crippen molar-refractivity contribution in [3.63, 3.8) is 0 Å². The summed E-state index contributed by atoms with van der Waals surface area (Å²) in [6.45, 7) is 6.00. The zero-order valence-electron chi connectivity index (χ0n) is 7.54. The van der Waals surface area contributed by atoms with Crippen LogP contribution in [-0.4, -0.2) is 22.4 Å². The summed E-state index contributed by atoms with van der Waals surface area (Å²) < 4.78 is 0. The first-order valence-corrected chi connectivity index (χ1v) is 4.31. The molecular formula is C9H18O2. The third kappa shape index (κ3) is 1.57. The van der Waals surface area contributed by atoms with Crippen LogP contribution in [0.3, 0.4) is 0 Å². The van der Waals surface area contributed by atoms with E-state index >= 15 is 0 Å². The molecule has 0 saturated heterocycles. The summed E-state index contributed by atoms with van der Waals surface area (Å²) >= 11 is 0. The van der Waals surface area contributed by atoms with Crippen LogP contribution in [0.15, 0.2) is 0 Å². The second-order valence-electron chi connectivity index (χ2n) is 4.44. The summed E-state index contributed by atoms with van der Waals surface area (Å²) in [6.07, 6.45) is 0.947. The lowest BCUT2D eigenvalue weighted by molar-refractivity contribution is -0.105. The van der Waals surface area contributed by atoms with Gasteiger partial charge >= 0.3 is 0 Å². The molecule has 1 fully saturated rings. The molecular weight excluding hydrogens is 140 g/mol. The van der Waals surface area contributed by atoms with Crippen molar-refractivity contribution in [3.05, 3.63) is 0 Å². The maximum absolute atomic E-state index is 9.63. The highest BCUT2D eigenvalue weighted by atomic mass is 16.3. The van der Waals surface area contributed by atoms with E-state index in [1.165, 1.54) is 0 Å². The van der Waals surface area contributed by atoms with Crippen LogP contribution < -0.4 is 0 Å². The standard InChI is InChI=1S/C9H18O2/c1-6-4-5-9(2,3)8(11)7(6)10/h6-8,10-11H,4-5H2,1-3H3. The van der Waals surface area contributed by atoms with Crippen molar-refractivity contribution >= 4 is 0 Å². The molecule has 0 bridgehead atoms. The minimum atomic E-state index is -0.550. The van der Waals surface area contributed by atoms with Crippen molar-refractivity contribution in [2.24, 2.45) is 11.3 Å². The monoisotopic (exact) mass is 158 g/mol. The maximum atomic E-state index is 9.63. The highest BCUT2D eigenvalue weighted by molar-refractivity contribution is 4.90. The quantitative estimate of drug-likeness (QED) is 0.555. The van der Waals surface area contributed by atoms with Gasteiger partial charge in [-0.25, -0.2) is 0 Å². The lowest BCUT2D eigenvalue weighted by Crippen LogP contribution is -2.47. The molecule has 66 valence electrons. The van der Waals surface area contributed by atoms with Gasteiger partial charge in [0.15, 0.2) is 0 Å². The molecule has 0 radical (unpaired) electrons. The van der Waals surface area contributed by atoms with Crippen LogP contribution in [0.4, 0.5) is 0 Å². The molecule has 0 heterocycles. The van der Waals surface area contributed by atoms with Crippen LogP contribution in [0.2, 0.25) is 0 Å². The van der Waals surface area contributed by atoms with E-state index in [9.17, 15) is 10.2 Å². The van der Waals surface area contributed by atoms with E-state index in [-0.39, 0.29) is 11.3 Å². The number of aliphatic hydroxyl groups excluding tert-OH is 2. The average Bonchev–Trinajstić information content (AvgIpc) is 1.95. The first kappa shape index (κ1) is 9.01. The molecule has 0 aromatic rings. The van der Waals surface area contributed by atoms with Gasteiger partial charge in [0.2, 0.25) is 0 Å². The number of rotatable bonds is 0. The molecule has 2 nitrogen and oxygen atoms in total. The molecule has 3 unspecified atom stereocenters. The van der Waals surface area contributed by atoms with E-state index in [4.69, 9.17) is 0 Å². The van der Waals surface area contributed by atoms with E-state index < -0.39 is 12.2 Å². The van der Waals surface area contributed by atoms with E-state index in [0.717, 1.165) is 12.8 Å². The Balaban J connectivity index is 2.67. The minimum Gasteiger partial charge on any atom is -0.390 e. The first-order valence-electron chi connectivity index (χ1n) is 4.31. The minimum absolute atomic E-state index is 0.105. The van der Waals surface area contributed by atoms with E-state index in [0.29, 0.717) is 0 Å². The average molecular weight is 158 g/mol. The Hall–Kier alpha value is -0.0800. The molecule has 3 atom stereocenters. The Morgan fingerprint density at radius 1 is 1.27 bits per heavy atom. The van der Waals surface area contributed by atoms with Crippen LogP contribution in [0, 0.1) is 11.3 Å². The Bertz CT molecular complexity index is 142. The van der Waals surface area contributed by atoms with Gasteiger partial charge in [-0.3, -0.25) is 0 Å². The van der Waals surface area contributed by atoms with Crippen molar-refractivity contribution in [1.82, 2.24) is 0 Å². The summed E-state index contributed by atoms with van der Waals surface area (Å²) in [5, 5.41) is 19.2. The van der Waals surface area contributed by atoms with Gasteiger partial charge < -0.3 is 10.2 Å². The maximum Gasteiger partial charge on any atom is 0.0852 e. The topological polar surface area (TPSA) is 40.5 Å². The van der Waals surface area contributed by atoms with Crippen LogP contribution in [0.25, 0.3) is 0 Å². The second-order valence-corrected chi connectivity index (χ2v) is 4.44. The molecule has 0 aliphatic heterocycles. The second kappa shape index (κ2) is 2.76. The zero-order valence-corrected chi connectivity index (χ0v) is 7.54. The molecule has 11 heavy (non-hydrogen) atoms. The van der Waals surface area contributed by atoms with Gasteiger partial charge in [-0.2, -0.15) is 0 Å². The van der Waals surface area contributed by atoms with Crippen LogP contribution in [0.1, 0.15) is 33.6 Å².